The van der Waals surface area contributed by atoms with Gasteiger partial charge in [-0.05, 0) is 36.6 Å². The average molecular weight is 333 g/mol. The second kappa shape index (κ2) is 8.38. The smallest absolute Gasteiger partial charge is 0.328 e. The number of esters is 1. The molecule has 1 aromatic rings. The van der Waals surface area contributed by atoms with Crippen LogP contribution in [0.25, 0.3) is 6.08 Å². The highest BCUT2D eigenvalue weighted by molar-refractivity contribution is 5.94. The minimum Gasteiger partial charge on any atom is -0.464 e. The lowest BCUT2D eigenvalue weighted by molar-refractivity contribution is -0.148. The summed E-state index contributed by atoms with van der Waals surface area (Å²) in [5.41, 5.74) is 0.811. The van der Waals surface area contributed by atoms with Crippen LogP contribution in [0.5, 0.6) is 11.5 Å². The molecular formula is C18H23NO5. The summed E-state index contributed by atoms with van der Waals surface area (Å²) in [6.07, 6.45) is 3.82. The molecule has 0 fully saturated rings. The first-order valence-corrected chi connectivity index (χ1v) is 8.10. The van der Waals surface area contributed by atoms with E-state index < -0.39 is 12.0 Å². The van der Waals surface area contributed by atoms with Gasteiger partial charge in [-0.25, -0.2) is 4.79 Å². The standard InChI is InChI=1S/C18H23NO5/c1-4-12(3)17(18(21)22-5-2)19-16(20)9-7-13-6-8-14-15(10-13)24-11-23-14/h6-10,12,17H,4-5,11H2,1-3H3,(H,19,20)/b9-7+/t12-,17-/m0/s1. The van der Waals surface area contributed by atoms with Gasteiger partial charge in [-0.15, -0.1) is 0 Å². The fraction of sp³-hybridized carbons (Fsp3) is 0.444. The number of benzene rings is 1. The van der Waals surface area contributed by atoms with Crippen molar-refractivity contribution in [1.29, 1.82) is 0 Å². The molecule has 1 aliphatic rings. The van der Waals surface area contributed by atoms with Crippen molar-refractivity contribution in [3.8, 4) is 11.5 Å². The molecule has 1 amide bonds. The molecule has 1 aliphatic heterocycles. The Kier molecular flexibility index (Phi) is 6.23. The number of amides is 1. The van der Waals surface area contributed by atoms with Crippen LogP contribution in [0, 0.1) is 5.92 Å². The summed E-state index contributed by atoms with van der Waals surface area (Å²) in [7, 11) is 0. The third-order valence-corrected chi connectivity index (χ3v) is 3.88. The molecule has 6 heteroatoms. The number of hydrogen-bond acceptors (Lipinski definition) is 5. The summed E-state index contributed by atoms with van der Waals surface area (Å²) in [5, 5.41) is 2.72. The van der Waals surface area contributed by atoms with Crippen LogP contribution < -0.4 is 14.8 Å². The number of rotatable bonds is 7. The van der Waals surface area contributed by atoms with Gasteiger partial charge >= 0.3 is 5.97 Å². The Balaban J connectivity index is 2.00. The first kappa shape index (κ1) is 17.8. The number of ether oxygens (including phenoxy) is 3. The normalized spacial score (nSPS) is 15.1. The molecule has 0 unspecified atom stereocenters. The highest BCUT2D eigenvalue weighted by atomic mass is 16.7. The van der Waals surface area contributed by atoms with Crippen LogP contribution in [-0.4, -0.2) is 31.3 Å². The molecule has 1 N–H and O–H groups in total. The van der Waals surface area contributed by atoms with Crippen LogP contribution in [0.1, 0.15) is 32.8 Å². The fourth-order valence-corrected chi connectivity index (χ4v) is 2.29. The van der Waals surface area contributed by atoms with Crippen molar-refractivity contribution in [2.75, 3.05) is 13.4 Å². The van der Waals surface area contributed by atoms with E-state index in [0.717, 1.165) is 12.0 Å². The first-order valence-electron chi connectivity index (χ1n) is 8.10. The lowest BCUT2D eigenvalue weighted by atomic mass is 9.99. The molecule has 0 spiro atoms. The van der Waals surface area contributed by atoms with E-state index in [1.165, 1.54) is 6.08 Å². The van der Waals surface area contributed by atoms with Crippen LogP contribution in [0.2, 0.25) is 0 Å². The van der Waals surface area contributed by atoms with Gasteiger partial charge in [0.25, 0.3) is 0 Å². The number of carbonyl (C=O) groups excluding carboxylic acids is 2. The van der Waals surface area contributed by atoms with Crippen LogP contribution >= 0.6 is 0 Å². The van der Waals surface area contributed by atoms with Gasteiger partial charge in [0.15, 0.2) is 11.5 Å². The highest BCUT2D eigenvalue weighted by Gasteiger charge is 2.26. The van der Waals surface area contributed by atoms with Crippen LogP contribution in [0.4, 0.5) is 0 Å². The highest BCUT2D eigenvalue weighted by Crippen LogP contribution is 2.32. The Morgan fingerprint density at radius 2 is 2.04 bits per heavy atom. The molecule has 0 bridgehead atoms. The summed E-state index contributed by atoms with van der Waals surface area (Å²) >= 11 is 0. The maximum atomic E-state index is 12.1. The van der Waals surface area contributed by atoms with Crippen molar-refractivity contribution in [2.24, 2.45) is 5.92 Å². The second-order valence-corrected chi connectivity index (χ2v) is 5.57. The van der Waals surface area contributed by atoms with E-state index in [0.29, 0.717) is 11.5 Å². The van der Waals surface area contributed by atoms with Gasteiger partial charge in [0.05, 0.1) is 6.61 Å². The van der Waals surface area contributed by atoms with E-state index in [-0.39, 0.29) is 25.2 Å². The number of fused-ring (bicyclic) bond motifs is 1. The first-order chi connectivity index (χ1) is 11.5. The zero-order valence-electron chi connectivity index (χ0n) is 14.2. The third-order valence-electron chi connectivity index (χ3n) is 3.88. The lowest BCUT2D eigenvalue weighted by Gasteiger charge is -2.21. The Bertz CT molecular complexity index is 626. The van der Waals surface area contributed by atoms with Gasteiger partial charge in [0.1, 0.15) is 6.04 Å². The van der Waals surface area contributed by atoms with Crippen molar-refractivity contribution in [1.82, 2.24) is 5.32 Å². The van der Waals surface area contributed by atoms with E-state index in [9.17, 15) is 9.59 Å². The monoisotopic (exact) mass is 333 g/mol. The van der Waals surface area contributed by atoms with Gasteiger partial charge < -0.3 is 19.5 Å². The maximum absolute atomic E-state index is 12.1. The molecule has 2 rings (SSSR count). The predicted molar refractivity (Wildman–Crippen MR) is 89.6 cm³/mol. The summed E-state index contributed by atoms with van der Waals surface area (Å²) < 4.78 is 15.6. The predicted octanol–water partition coefficient (Wildman–Crippen LogP) is 2.52. The van der Waals surface area contributed by atoms with E-state index in [2.05, 4.69) is 5.32 Å². The van der Waals surface area contributed by atoms with Crippen molar-refractivity contribution in [3.05, 3.63) is 29.8 Å². The van der Waals surface area contributed by atoms with Gasteiger partial charge in [-0.1, -0.05) is 26.3 Å². The van der Waals surface area contributed by atoms with Crippen molar-refractivity contribution >= 4 is 18.0 Å². The molecule has 1 heterocycles. The van der Waals surface area contributed by atoms with Gasteiger partial charge in [-0.2, -0.15) is 0 Å². The number of nitrogens with one attached hydrogen (secondary N) is 1. The topological polar surface area (TPSA) is 73.9 Å². The van der Waals surface area contributed by atoms with Crippen molar-refractivity contribution in [3.63, 3.8) is 0 Å². The summed E-state index contributed by atoms with van der Waals surface area (Å²) in [5.74, 6) is 0.590. The van der Waals surface area contributed by atoms with Crippen LogP contribution in [0.15, 0.2) is 24.3 Å². The molecule has 0 saturated carbocycles. The lowest BCUT2D eigenvalue weighted by Crippen LogP contribution is -2.45. The van der Waals surface area contributed by atoms with Gasteiger partial charge in [-0.3, -0.25) is 4.79 Å². The molecule has 24 heavy (non-hydrogen) atoms. The Hall–Kier alpha value is -2.50. The van der Waals surface area contributed by atoms with E-state index in [1.54, 1.807) is 25.1 Å². The van der Waals surface area contributed by atoms with Crippen LogP contribution in [-0.2, 0) is 14.3 Å². The second-order valence-electron chi connectivity index (χ2n) is 5.57. The summed E-state index contributed by atoms with van der Waals surface area (Å²) in [4.78, 5) is 24.1. The molecule has 0 aliphatic carbocycles. The molecule has 6 nitrogen and oxygen atoms in total. The van der Waals surface area contributed by atoms with Crippen molar-refractivity contribution in [2.45, 2.75) is 33.2 Å². The fourth-order valence-electron chi connectivity index (χ4n) is 2.29. The molecule has 0 saturated heterocycles. The largest absolute Gasteiger partial charge is 0.464 e. The Morgan fingerprint density at radius 1 is 1.29 bits per heavy atom. The number of hydrogen-bond donors (Lipinski definition) is 1. The maximum Gasteiger partial charge on any atom is 0.328 e. The van der Waals surface area contributed by atoms with E-state index >= 15 is 0 Å². The SMILES string of the molecule is CCOC(=O)[C@@H](NC(=O)/C=C/c1ccc2c(c1)OCO2)[C@@H](C)CC. The Morgan fingerprint density at radius 3 is 2.75 bits per heavy atom. The summed E-state index contributed by atoms with van der Waals surface area (Å²) in [6.45, 7) is 6.11. The quantitative estimate of drug-likeness (QED) is 0.613. The molecule has 0 aromatic heterocycles. The van der Waals surface area contributed by atoms with Crippen molar-refractivity contribution < 1.29 is 23.8 Å². The molecule has 130 valence electrons. The Labute approximate surface area is 141 Å². The minimum atomic E-state index is -0.649. The van der Waals surface area contributed by atoms with E-state index in [1.807, 2.05) is 19.9 Å². The van der Waals surface area contributed by atoms with E-state index in [4.69, 9.17) is 14.2 Å². The van der Waals surface area contributed by atoms with Gasteiger partial charge in [0, 0.05) is 6.08 Å². The molecule has 2 atom stereocenters. The third kappa shape index (κ3) is 4.50. The number of carbonyl (C=O) groups is 2. The molecular weight excluding hydrogens is 310 g/mol. The molecule has 0 radical (unpaired) electrons. The molecule has 1 aromatic carbocycles. The van der Waals surface area contributed by atoms with Crippen LogP contribution in [0.3, 0.4) is 0 Å². The zero-order chi connectivity index (χ0) is 17.5. The zero-order valence-corrected chi connectivity index (χ0v) is 14.2. The minimum absolute atomic E-state index is 0.00746. The summed E-state index contributed by atoms with van der Waals surface area (Å²) in [6, 6.07) is 4.77. The average Bonchev–Trinajstić information content (AvgIpc) is 3.05. The van der Waals surface area contributed by atoms with Gasteiger partial charge in [0.2, 0.25) is 12.7 Å².